The van der Waals surface area contributed by atoms with E-state index in [4.69, 9.17) is 4.74 Å². The van der Waals surface area contributed by atoms with Gasteiger partial charge in [0, 0.05) is 6.42 Å². The van der Waals surface area contributed by atoms with E-state index >= 15 is 0 Å². The lowest BCUT2D eigenvalue weighted by Crippen LogP contribution is -2.10. The largest absolute Gasteiger partial charge is 0.462 e. The fourth-order valence-electron chi connectivity index (χ4n) is 1.99. The molecular weight excluding hydrogens is 279 g/mol. The van der Waals surface area contributed by atoms with Crippen LogP contribution < -0.4 is 0 Å². The van der Waals surface area contributed by atoms with Crippen LogP contribution in [0.3, 0.4) is 0 Å². The maximum absolute atomic E-state index is 12.8. The molecule has 0 bridgehead atoms. The highest BCUT2D eigenvalue weighted by Crippen LogP contribution is 2.20. The smallest absolute Gasteiger partial charge is 0.338 e. The van der Waals surface area contributed by atoms with Crippen molar-refractivity contribution in [3.63, 3.8) is 0 Å². The van der Waals surface area contributed by atoms with Crippen LogP contribution in [0.1, 0.15) is 24.5 Å². The Balaban J connectivity index is 2.23. The SMILES string of the molecule is CC(F)CCOC(=O)/C(=C/c1ccccc1)c1ccccc1. The Morgan fingerprint density at radius 2 is 1.68 bits per heavy atom. The highest BCUT2D eigenvalue weighted by Gasteiger charge is 2.14. The van der Waals surface area contributed by atoms with Gasteiger partial charge in [0.2, 0.25) is 0 Å². The van der Waals surface area contributed by atoms with Crippen LogP contribution >= 0.6 is 0 Å². The lowest BCUT2D eigenvalue weighted by molar-refractivity contribution is -0.136. The molecule has 0 aliphatic rings. The van der Waals surface area contributed by atoms with Crippen LogP contribution in [0.4, 0.5) is 4.39 Å². The van der Waals surface area contributed by atoms with Gasteiger partial charge in [-0.2, -0.15) is 0 Å². The average molecular weight is 298 g/mol. The highest BCUT2D eigenvalue weighted by atomic mass is 19.1. The Morgan fingerprint density at radius 1 is 1.09 bits per heavy atom. The molecule has 0 aliphatic heterocycles. The van der Waals surface area contributed by atoms with Crippen LogP contribution in [0.15, 0.2) is 60.7 Å². The molecule has 0 saturated heterocycles. The minimum Gasteiger partial charge on any atom is -0.462 e. The van der Waals surface area contributed by atoms with E-state index in [0.29, 0.717) is 5.57 Å². The number of benzene rings is 2. The molecule has 0 aromatic heterocycles. The van der Waals surface area contributed by atoms with Crippen molar-refractivity contribution in [2.45, 2.75) is 19.5 Å². The fourth-order valence-corrected chi connectivity index (χ4v) is 1.99. The predicted molar refractivity (Wildman–Crippen MR) is 86.9 cm³/mol. The summed E-state index contributed by atoms with van der Waals surface area (Å²) < 4.78 is 18.0. The van der Waals surface area contributed by atoms with Gasteiger partial charge in [-0.3, -0.25) is 0 Å². The predicted octanol–water partition coefficient (Wildman–Crippen LogP) is 4.52. The third-order valence-electron chi connectivity index (χ3n) is 3.16. The maximum atomic E-state index is 12.8. The van der Waals surface area contributed by atoms with E-state index in [0.717, 1.165) is 11.1 Å². The van der Waals surface area contributed by atoms with Gasteiger partial charge in [-0.1, -0.05) is 60.7 Å². The van der Waals surface area contributed by atoms with E-state index < -0.39 is 12.1 Å². The molecule has 0 saturated carbocycles. The quantitative estimate of drug-likeness (QED) is 0.445. The van der Waals surface area contributed by atoms with Crippen LogP contribution in [0.2, 0.25) is 0 Å². The van der Waals surface area contributed by atoms with Crippen molar-refractivity contribution in [2.75, 3.05) is 6.61 Å². The molecular formula is C19H19FO2. The number of alkyl halides is 1. The molecule has 3 heteroatoms. The molecule has 0 heterocycles. The Morgan fingerprint density at radius 3 is 2.27 bits per heavy atom. The van der Waals surface area contributed by atoms with Crippen molar-refractivity contribution in [2.24, 2.45) is 0 Å². The summed E-state index contributed by atoms with van der Waals surface area (Å²) >= 11 is 0. The van der Waals surface area contributed by atoms with Crippen molar-refractivity contribution in [1.29, 1.82) is 0 Å². The van der Waals surface area contributed by atoms with E-state index in [1.807, 2.05) is 60.7 Å². The topological polar surface area (TPSA) is 26.3 Å². The van der Waals surface area contributed by atoms with Gasteiger partial charge in [0.05, 0.1) is 12.2 Å². The highest BCUT2D eigenvalue weighted by molar-refractivity contribution is 6.21. The van der Waals surface area contributed by atoms with E-state index in [1.165, 1.54) is 6.92 Å². The molecule has 0 aliphatic carbocycles. The molecule has 0 N–H and O–H groups in total. The summed E-state index contributed by atoms with van der Waals surface area (Å²) in [5.41, 5.74) is 2.17. The second kappa shape index (κ2) is 8.13. The summed E-state index contributed by atoms with van der Waals surface area (Å²) in [4.78, 5) is 12.3. The minimum absolute atomic E-state index is 0.0788. The van der Waals surface area contributed by atoms with Crippen molar-refractivity contribution in [3.8, 4) is 0 Å². The van der Waals surface area contributed by atoms with Gasteiger partial charge in [-0.05, 0) is 24.1 Å². The molecule has 22 heavy (non-hydrogen) atoms. The molecule has 0 spiro atoms. The average Bonchev–Trinajstić information content (AvgIpc) is 2.54. The Kier molecular flexibility index (Phi) is 5.90. The number of ether oxygens (including phenoxy) is 1. The Labute approximate surface area is 130 Å². The standard InChI is InChI=1S/C19H19FO2/c1-15(20)12-13-22-19(21)18(17-10-6-3-7-11-17)14-16-8-4-2-5-9-16/h2-11,14-15H,12-13H2,1H3/b18-14+. The second-order valence-corrected chi connectivity index (χ2v) is 5.04. The summed E-state index contributed by atoms with van der Waals surface area (Å²) in [6.45, 7) is 1.53. The van der Waals surface area contributed by atoms with Gasteiger partial charge in [0.25, 0.3) is 0 Å². The first-order valence-electron chi connectivity index (χ1n) is 7.30. The Bertz CT molecular complexity index is 618. The zero-order valence-electron chi connectivity index (χ0n) is 12.5. The normalized spacial score (nSPS) is 12.7. The number of hydrogen-bond donors (Lipinski definition) is 0. The maximum Gasteiger partial charge on any atom is 0.338 e. The number of halogens is 1. The van der Waals surface area contributed by atoms with E-state index in [-0.39, 0.29) is 13.0 Å². The van der Waals surface area contributed by atoms with Gasteiger partial charge in [0.15, 0.2) is 0 Å². The molecule has 114 valence electrons. The minimum atomic E-state index is -0.980. The number of rotatable bonds is 6. The molecule has 1 atom stereocenters. The molecule has 2 aromatic rings. The van der Waals surface area contributed by atoms with Crippen LogP contribution in [-0.4, -0.2) is 18.7 Å². The molecule has 2 rings (SSSR count). The summed E-state index contributed by atoms with van der Waals surface area (Å²) in [7, 11) is 0. The van der Waals surface area contributed by atoms with Gasteiger partial charge < -0.3 is 4.74 Å². The lowest BCUT2D eigenvalue weighted by atomic mass is 10.0. The van der Waals surface area contributed by atoms with E-state index in [9.17, 15) is 9.18 Å². The zero-order chi connectivity index (χ0) is 15.8. The Hall–Kier alpha value is -2.42. The third kappa shape index (κ3) is 4.85. The first-order chi connectivity index (χ1) is 10.7. The first-order valence-corrected chi connectivity index (χ1v) is 7.30. The number of esters is 1. The van der Waals surface area contributed by atoms with E-state index in [1.54, 1.807) is 6.08 Å². The third-order valence-corrected chi connectivity index (χ3v) is 3.16. The lowest BCUT2D eigenvalue weighted by Gasteiger charge is -2.09. The van der Waals surface area contributed by atoms with E-state index in [2.05, 4.69) is 0 Å². The molecule has 0 radical (unpaired) electrons. The molecule has 1 unspecified atom stereocenters. The monoisotopic (exact) mass is 298 g/mol. The van der Waals surface area contributed by atoms with Crippen molar-refractivity contribution >= 4 is 17.6 Å². The van der Waals surface area contributed by atoms with Crippen molar-refractivity contribution in [1.82, 2.24) is 0 Å². The summed E-state index contributed by atoms with van der Waals surface area (Å²) in [6, 6.07) is 18.9. The van der Waals surface area contributed by atoms with Crippen LogP contribution in [0.5, 0.6) is 0 Å². The summed E-state index contributed by atoms with van der Waals surface area (Å²) in [5, 5.41) is 0. The summed E-state index contributed by atoms with van der Waals surface area (Å²) in [6.07, 6.45) is 1.02. The van der Waals surface area contributed by atoms with Gasteiger partial charge in [0.1, 0.15) is 6.17 Å². The van der Waals surface area contributed by atoms with Crippen molar-refractivity contribution < 1.29 is 13.9 Å². The first kappa shape index (κ1) is 16.0. The van der Waals surface area contributed by atoms with Crippen LogP contribution in [0.25, 0.3) is 11.6 Å². The molecule has 0 fully saturated rings. The van der Waals surface area contributed by atoms with Gasteiger partial charge in [-0.25, -0.2) is 9.18 Å². The number of carbonyl (C=O) groups excluding carboxylic acids is 1. The molecule has 2 aromatic carbocycles. The van der Waals surface area contributed by atoms with Gasteiger partial charge >= 0.3 is 5.97 Å². The fraction of sp³-hybridized carbons (Fsp3) is 0.211. The number of carbonyl (C=O) groups is 1. The molecule has 0 amide bonds. The van der Waals surface area contributed by atoms with Gasteiger partial charge in [-0.15, -0.1) is 0 Å². The van der Waals surface area contributed by atoms with Crippen LogP contribution in [0, 0.1) is 0 Å². The molecule has 2 nitrogen and oxygen atoms in total. The second-order valence-electron chi connectivity index (χ2n) is 5.04. The van der Waals surface area contributed by atoms with Crippen molar-refractivity contribution in [3.05, 3.63) is 71.8 Å². The summed E-state index contributed by atoms with van der Waals surface area (Å²) in [5.74, 6) is -0.435. The zero-order valence-corrected chi connectivity index (χ0v) is 12.5. The van der Waals surface area contributed by atoms with Crippen LogP contribution in [-0.2, 0) is 9.53 Å². The number of hydrogen-bond acceptors (Lipinski definition) is 2.